The number of hydrogen-bond donors (Lipinski definition) is 1. The number of benzene rings is 1. The average molecular weight is 383 g/mol. The lowest BCUT2D eigenvalue weighted by molar-refractivity contribution is -0.130. The number of aryl methyl sites for hydroxylation is 1. The first kappa shape index (κ1) is 17.9. The molecule has 2 saturated heterocycles. The molecule has 0 radical (unpaired) electrons. The smallest absolute Gasteiger partial charge is 0.290 e. The summed E-state index contributed by atoms with van der Waals surface area (Å²) in [5.74, 6) is -0.247. The molecule has 140 valence electrons. The maximum Gasteiger partial charge on any atom is 0.290 e. The van der Waals surface area contributed by atoms with Crippen LogP contribution in [0.3, 0.4) is 0 Å². The van der Waals surface area contributed by atoms with E-state index in [0.29, 0.717) is 4.91 Å². The largest absolute Gasteiger partial charge is 0.341 e. The highest BCUT2D eigenvalue weighted by Crippen LogP contribution is 2.31. The summed E-state index contributed by atoms with van der Waals surface area (Å²) in [4.78, 5) is 38.3. The van der Waals surface area contributed by atoms with E-state index >= 15 is 0 Å². The zero-order chi connectivity index (χ0) is 19.0. The molecule has 4 rings (SSSR count). The number of carbonyl (C=O) groups is 3. The summed E-state index contributed by atoms with van der Waals surface area (Å²) in [5.41, 5.74) is 3.03. The van der Waals surface area contributed by atoms with Crippen LogP contribution in [0.1, 0.15) is 30.9 Å². The topological polar surface area (TPSA) is 71.4 Å². The molecule has 0 unspecified atom stereocenters. The standard InChI is InChI=1S/C20H21N3O3S/c1-2-13-6-5-7-15-14(10-16-19(25)21-20(26)27-16)11-23(18(13)15)12-17(24)22-8-3-4-9-22/h5-7,10-11H,2-4,8-9,12H2,1H3,(H,21,25,26)/b16-10-. The molecule has 0 saturated carbocycles. The van der Waals surface area contributed by atoms with Gasteiger partial charge in [-0.1, -0.05) is 25.1 Å². The van der Waals surface area contributed by atoms with E-state index in [9.17, 15) is 14.4 Å². The van der Waals surface area contributed by atoms with Crippen molar-refractivity contribution in [3.63, 3.8) is 0 Å². The molecular formula is C20H21N3O3S. The van der Waals surface area contributed by atoms with Gasteiger partial charge in [-0.3, -0.25) is 19.7 Å². The molecule has 0 aliphatic carbocycles. The molecule has 27 heavy (non-hydrogen) atoms. The number of fused-ring (bicyclic) bond motifs is 1. The molecule has 2 fully saturated rings. The number of para-hydroxylation sites is 1. The van der Waals surface area contributed by atoms with E-state index in [-0.39, 0.29) is 23.6 Å². The summed E-state index contributed by atoms with van der Waals surface area (Å²) in [6.45, 7) is 4.03. The molecule has 0 bridgehead atoms. The number of thioether (sulfide) groups is 1. The van der Waals surface area contributed by atoms with Crippen molar-refractivity contribution < 1.29 is 14.4 Å². The zero-order valence-corrected chi connectivity index (χ0v) is 16.0. The first-order valence-corrected chi connectivity index (χ1v) is 10.0. The molecule has 1 aromatic carbocycles. The van der Waals surface area contributed by atoms with Gasteiger partial charge in [0.1, 0.15) is 6.54 Å². The molecule has 3 amide bonds. The normalized spacial score (nSPS) is 18.7. The fourth-order valence-corrected chi connectivity index (χ4v) is 4.44. The van der Waals surface area contributed by atoms with Crippen LogP contribution in [-0.2, 0) is 22.6 Å². The van der Waals surface area contributed by atoms with E-state index in [1.54, 1.807) is 6.08 Å². The molecule has 3 heterocycles. The molecule has 2 aromatic rings. The Kier molecular flexibility index (Phi) is 4.78. The predicted octanol–water partition coefficient (Wildman–Crippen LogP) is 3.15. The van der Waals surface area contributed by atoms with Gasteiger partial charge in [-0.15, -0.1) is 0 Å². The summed E-state index contributed by atoms with van der Waals surface area (Å²) in [7, 11) is 0. The minimum atomic E-state index is -0.370. The number of nitrogens with one attached hydrogen (secondary N) is 1. The van der Waals surface area contributed by atoms with Gasteiger partial charge in [0, 0.05) is 30.2 Å². The van der Waals surface area contributed by atoms with E-state index in [2.05, 4.69) is 18.3 Å². The zero-order valence-electron chi connectivity index (χ0n) is 15.2. The van der Waals surface area contributed by atoms with Crippen molar-refractivity contribution in [2.75, 3.05) is 13.1 Å². The van der Waals surface area contributed by atoms with Gasteiger partial charge in [0.15, 0.2) is 0 Å². The van der Waals surface area contributed by atoms with Gasteiger partial charge in [0.05, 0.1) is 10.4 Å². The summed E-state index contributed by atoms with van der Waals surface area (Å²) in [6, 6.07) is 6.05. The van der Waals surface area contributed by atoms with Crippen LogP contribution in [0.4, 0.5) is 4.79 Å². The minimum Gasteiger partial charge on any atom is -0.341 e. The van der Waals surface area contributed by atoms with E-state index in [0.717, 1.165) is 66.1 Å². The fourth-order valence-electron chi connectivity index (χ4n) is 3.76. The van der Waals surface area contributed by atoms with Crippen LogP contribution in [-0.4, -0.2) is 39.6 Å². The van der Waals surface area contributed by atoms with Gasteiger partial charge in [-0.2, -0.15) is 0 Å². The van der Waals surface area contributed by atoms with Gasteiger partial charge in [0.2, 0.25) is 5.91 Å². The molecule has 2 aliphatic heterocycles. The monoisotopic (exact) mass is 383 g/mol. The van der Waals surface area contributed by atoms with Crippen molar-refractivity contribution in [2.45, 2.75) is 32.7 Å². The highest BCUT2D eigenvalue weighted by molar-refractivity contribution is 8.18. The number of nitrogens with zero attached hydrogens (tertiary/aromatic N) is 2. The quantitative estimate of drug-likeness (QED) is 0.824. The Morgan fingerprint density at radius 1 is 1.26 bits per heavy atom. The van der Waals surface area contributed by atoms with Crippen molar-refractivity contribution >= 4 is 45.8 Å². The summed E-state index contributed by atoms with van der Waals surface area (Å²) >= 11 is 0.908. The van der Waals surface area contributed by atoms with Crippen molar-refractivity contribution in [1.82, 2.24) is 14.8 Å². The summed E-state index contributed by atoms with van der Waals surface area (Å²) in [5, 5.41) is 2.92. The minimum absolute atomic E-state index is 0.123. The van der Waals surface area contributed by atoms with Crippen LogP contribution in [0.15, 0.2) is 29.3 Å². The second-order valence-corrected chi connectivity index (χ2v) is 7.83. The highest BCUT2D eigenvalue weighted by atomic mass is 32.2. The lowest BCUT2D eigenvalue weighted by Crippen LogP contribution is -2.30. The third-order valence-corrected chi connectivity index (χ3v) is 5.90. The molecule has 0 atom stereocenters. The molecule has 0 spiro atoms. The maximum absolute atomic E-state index is 12.7. The maximum atomic E-state index is 12.7. The molecule has 6 nitrogen and oxygen atoms in total. The third kappa shape index (κ3) is 3.39. The molecular weight excluding hydrogens is 362 g/mol. The Morgan fingerprint density at radius 2 is 2.04 bits per heavy atom. The first-order valence-electron chi connectivity index (χ1n) is 9.20. The Bertz CT molecular complexity index is 970. The highest BCUT2D eigenvalue weighted by Gasteiger charge is 2.26. The van der Waals surface area contributed by atoms with Crippen LogP contribution in [0.25, 0.3) is 17.0 Å². The number of aromatic nitrogens is 1. The molecule has 7 heteroatoms. The number of amides is 3. The number of carbonyl (C=O) groups excluding carboxylic acids is 3. The van der Waals surface area contributed by atoms with Crippen LogP contribution in [0.5, 0.6) is 0 Å². The van der Waals surface area contributed by atoms with E-state index in [1.807, 2.05) is 27.8 Å². The lowest BCUT2D eigenvalue weighted by Gasteiger charge is -2.16. The number of rotatable bonds is 4. The summed E-state index contributed by atoms with van der Waals surface area (Å²) in [6.07, 6.45) is 6.64. The summed E-state index contributed by atoms with van der Waals surface area (Å²) < 4.78 is 1.99. The molecule has 1 N–H and O–H groups in total. The van der Waals surface area contributed by atoms with Crippen LogP contribution < -0.4 is 5.32 Å². The number of hydrogen-bond acceptors (Lipinski definition) is 4. The Balaban J connectivity index is 1.76. The van der Waals surface area contributed by atoms with Crippen LogP contribution in [0.2, 0.25) is 0 Å². The van der Waals surface area contributed by atoms with Gasteiger partial charge in [-0.25, -0.2) is 0 Å². The SMILES string of the molecule is CCc1cccc2c(/C=C3\SC(=O)NC3=O)cn(CC(=O)N3CCCC3)c12. The second kappa shape index (κ2) is 7.23. The lowest BCUT2D eigenvalue weighted by atomic mass is 10.1. The van der Waals surface area contributed by atoms with Crippen molar-refractivity contribution in [3.8, 4) is 0 Å². The van der Waals surface area contributed by atoms with Gasteiger partial charge in [0.25, 0.3) is 11.1 Å². The van der Waals surface area contributed by atoms with Crippen LogP contribution in [0, 0.1) is 0 Å². The number of likely N-dealkylation sites (tertiary alicyclic amines) is 1. The van der Waals surface area contributed by atoms with Crippen molar-refractivity contribution in [2.24, 2.45) is 0 Å². The molecule has 2 aliphatic rings. The van der Waals surface area contributed by atoms with E-state index < -0.39 is 0 Å². The van der Waals surface area contributed by atoms with Gasteiger partial charge < -0.3 is 9.47 Å². The number of imide groups is 1. The third-order valence-electron chi connectivity index (χ3n) is 5.09. The van der Waals surface area contributed by atoms with Crippen molar-refractivity contribution in [1.29, 1.82) is 0 Å². The van der Waals surface area contributed by atoms with E-state index in [1.165, 1.54) is 0 Å². The fraction of sp³-hybridized carbons (Fsp3) is 0.350. The van der Waals surface area contributed by atoms with E-state index in [4.69, 9.17) is 0 Å². The Labute approximate surface area is 161 Å². The molecule has 1 aromatic heterocycles. The first-order chi connectivity index (χ1) is 13.1. The van der Waals surface area contributed by atoms with Gasteiger partial charge >= 0.3 is 0 Å². The average Bonchev–Trinajstić information content (AvgIpc) is 3.36. The predicted molar refractivity (Wildman–Crippen MR) is 106 cm³/mol. The second-order valence-electron chi connectivity index (χ2n) is 6.82. The van der Waals surface area contributed by atoms with Crippen molar-refractivity contribution in [3.05, 3.63) is 40.4 Å². The Morgan fingerprint density at radius 3 is 2.70 bits per heavy atom. The van der Waals surface area contributed by atoms with Gasteiger partial charge in [-0.05, 0) is 42.7 Å². The van der Waals surface area contributed by atoms with Crippen LogP contribution >= 0.6 is 11.8 Å². The Hall–Kier alpha value is -2.54.